The summed E-state index contributed by atoms with van der Waals surface area (Å²) < 4.78 is 1.08. The molecule has 17 heavy (non-hydrogen) atoms. The third-order valence-corrected chi connectivity index (χ3v) is 5.13. The molecule has 1 aliphatic rings. The van der Waals surface area contributed by atoms with E-state index < -0.39 is 0 Å². The summed E-state index contributed by atoms with van der Waals surface area (Å²) in [6.07, 6.45) is 1.06. The highest BCUT2D eigenvalue weighted by molar-refractivity contribution is 9.11. The number of amides is 1. The van der Waals surface area contributed by atoms with Crippen LogP contribution in [0.5, 0.6) is 0 Å². The average molecular weight is 317 g/mol. The number of halogens is 1. The molecule has 2 rings (SSSR count). The zero-order valence-corrected chi connectivity index (χ0v) is 12.5. The highest BCUT2D eigenvalue weighted by Crippen LogP contribution is 2.29. The molecule has 3 nitrogen and oxygen atoms in total. The molecule has 2 unspecified atom stereocenters. The highest BCUT2D eigenvalue weighted by Gasteiger charge is 2.27. The number of nitrogens with zero attached hydrogens (tertiary/aromatic N) is 1. The summed E-state index contributed by atoms with van der Waals surface area (Å²) >= 11 is 5.07. The number of nitrogens with one attached hydrogen (secondary N) is 1. The van der Waals surface area contributed by atoms with Gasteiger partial charge in [0.1, 0.15) is 0 Å². The van der Waals surface area contributed by atoms with Crippen molar-refractivity contribution in [3.8, 4) is 0 Å². The van der Waals surface area contributed by atoms with Crippen LogP contribution in [0.3, 0.4) is 0 Å². The van der Waals surface area contributed by atoms with E-state index in [1.54, 1.807) is 11.3 Å². The second-order valence-corrected chi connectivity index (χ2v) is 6.95. The molecule has 2 atom stereocenters. The topological polar surface area (TPSA) is 32.3 Å². The van der Waals surface area contributed by atoms with Crippen LogP contribution in [0, 0.1) is 0 Å². The van der Waals surface area contributed by atoms with E-state index in [0.29, 0.717) is 6.04 Å². The Balaban J connectivity index is 2.03. The fourth-order valence-electron chi connectivity index (χ4n) is 2.14. The van der Waals surface area contributed by atoms with E-state index in [1.807, 2.05) is 31.0 Å². The van der Waals surface area contributed by atoms with Gasteiger partial charge in [-0.2, -0.15) is 0 Å². The number of hydrogen-bond donors (Lipinski definition) is 1. The van der Waals surface area contributed by atoms with Gasteiger partial charge >= 0.3 is 0 Å². The molecule has 2 heterocycles. The monoisotopic (exact) mass is 316 g/mol. The Kier molecular flexibility index (Phi) is 4.22. The third-order valence-electron chi connectivity index (χ3n) is 3.32. The Hall–Kier alpha value is -0.390. The van der Waals surface area contributed by atoms with Crippen LogP contribution in [-0.4, -0.2) is 37.0 Å². The average Bonchev–Trinajstić information content (AvgIpc) is 2.96. The molecule has 0 aliphatic carbocycles. The van der Waals surface area contributed by atoms with Gasteiger partial charge in [0.25, 0.3) is 0 Å². The maximum atomic E-state index is 12.3. The molecule has 1 N–H and O–H groups in total. The Bertz CT molecular complexity index is 401. The van der Waals surface area contributed by atoms with Gasteiger partial charge in [-0.1, -0.05) is 0 Å². The van der Waals surface area contributed by atoms with Crippen molar-refractivity contribution in [3.63, 3.8) is 0 Å². The number of carbonyl (C=O) groups is 1. The molecule has 0 saturated carbocycles. The number of hydrogen-bond acceptors (Lipinski definition) is 3. The molecule has 94 valence electrons. The first kappa shape index (κ1) is 13.1. The van der Waals surface area contributed by atoms with Crippen molar-refractivity contribution in [1.82, 2.24) is 10.2 Å². The van der Waals surface area contributed by atoms with Crippen LogP contribution in [0.2, 0.25) is 0 Å². The zero-order valence-electron chi connectivity index (χ0n) is 10.1. The SMILES string of the molecule is CC(C(=O)N(C)C1CCNC1)c1ccc(Br)s1. The molecule has 1 aromatic heterocycles. The van der Waals surface area contributed by atoms with Gasteiger partial charge in [0.05, 0.1) is 9.70 Å². The summed E-state index contributed by atoms with van der Waals surface area (Å²) in [6, 6.07) is 4.38. The molecule has 1 amide bonds. The lowest BCUT2D eigenvalue weighted by Crippen LogP contribution is -2.40. The van der Waals surface area contributed by atoms with Crippen LogP contribution in [0.15, 0.2) is 15.9 Å². The molecule has 1 saturated heterocycles. The molecule has 5 heteroatoms. The van der Waals surface area contributed by atoms with Crippen molar-refractivity contribution in [1.29, 1.82) is 0 Å². The third kappa shape index (κ3) is 2.89. The fraction of sp³-hybridized carbons (Fsp3) is 0.583. The van der Waals surface area contributed by atoms with Gasteiger partial charge in [0.2, 0.25) is 5.91 Å². The van der Waals surface area contributed by atoms with Crippen LogP contribution in [0.4, 0.5) is 0 Å². The van der Waals surface area contributed by atoms with E-state index in [0.717, 1.165) is 28.2 Å². The van der Waals surface area contributed by atoms with Crippen LogP contribution < -0.4 is 5.32 Å². The predicted octanol–water partition coefficient (Wildman–Crippen LogP) is 2.43. The molecular weight excluding hydrogens is 300 g/mol. The minimum atomic E-state index is -0.0445. The van der Waals surface area contributed by atoms with Crippen LogP contribution >= 0.6 is 27.3 Å². The van der Waals surface area contributed by atoms with Crippen molar-refractivity contribution < 1.29 is 4.79 Å². The Morgan fingerprint density at radius 3 is 2.94 bits per heavy atom. The van der Waals surface area contributed by atoms with E-state index in [2.05, 4.69) is 21.2 Å². The number of rotatable bonds is 3. The first-order chi connectivity index (χ1) is 8.09. The lowest BCUT2D eigenvalue weighted by molar-refractivity contribution is -0.132. The highest BCUT2D eigenvalue weighted by atomic mass is 79.9. The Labute approximate surface area is 114 Å². The quantitative estimate of drug-likeness (QED) is 0.929. The van der Waals surface area contributed by atoms with E-state index in [1.165, 1.54) is 0 Å². The van der Waals surface area contributed by atoms with E-state index >= 15 is 0 Å². The van der Waals surface area contributed by atoms with E-state index in [9.17, 15) is 4.79 Å². The first-order valence-corrected chi connectivity index (χ1v) is 7.43. The maximum absolute atomic E-state index is 12.3. The van der Waals surface area contributed by atoms with Gasteiger partial charge in [-0.25, -0.2) is 0 Å². The van der Waals surface area contributed by atoms with Crippen molar-refractivity contribution in [2.75, 3.05) is 20.1 Å². The maximum Gasteiger partial charge on any atom is 0.230 e. The molecule has 0 bridgehead atoms. The predicted molar refractivity (Wildman–Crippen MR) is 74.5 cm³/mol. The number of carbonyl (C=O) groups excluding carboxylic acids is 1. The van der Waals surface area contributed by atoms with Crippen molar-refractivity contribution in [2.45, 2.75) is 25.3 Å². The lowest BCUT2D eigenvalue weighted by Gasteiger charge is -2.26. The summed E-state index contributed by atoms with van der Waals surface area (Å²) in [5, 5.41) is 3.29. The number of thiophene rings is 1. The summed E-state index contributed by atoms with van der Waals surface area (Å²) in [6.45, 7) is 3.92. The summed E-state index contributed by atoms with van der Waals surface area (Å²) in [4.78, 5) is 15.4. The minimum Gasteiger partial charge on any atom is -0.341 e. The molecule has 1 aliphatic heterocycles. The first-order valence-electron chi connectivity index (χ1n) is 5.82. The molecular formula is C12H17BrN2OS. The molecule has 0 spiro atoms. The molecule has 1 aromatic rings. The Morgan fingerprint density at radius 1 is 1.65 bits per heavy atom. The van der Waals surface area contributed by atoms with Gasteiger partial charge in [-0.3, -0.25) is 4.79 Å². The van der Waals surface area contributed by atoms with E-state index in [4.69, 9.17) is 0 Å². The Morgan fingerprint density at radius 2 is 2.41 bits per heavy atom. The summed E-state index contributed by atoms with van der Waals surface area (Å²) in [5.74, 6) is 0.171. The van der Waals surface area contributed by atoms with Crippen LogP contribution in [0.25, 0.3) is 0 Å². The van der Waals surface area contributed by atoms with Crippen LogP contribution in [-0.2, 0) is 4.79 Å². The standard InChI is InChI=1S/C12H17BrN2OS/c1-8(10-3-4-11(13)17-10)12(16)15(2)9-5-6-14-7-9/h3-4,8-9,14H,5-7H2,1-2H3. The van der Waals surface area contributed by atoms with Gasteiger partial charge in [-0.15, -0.1) is 11.3 Å². The van der Waals surface area contributed by atoms with Gasteiger partial charge in [0, 0.05) is 24.5 Å². The second-order valence-electron chi connectivity index (χ2n) is 4.46. The molecule has 1 fully saturated rings. The normalized spacial score (nSPS) is 21.5. The van der Waals surface area contributed by atoms with Gasteiger partial charge < -0.3 is 10.2 Å². The summed E-state index contributed by atoms with van der Waals surface area (Å²) in [5.41, 5.74) is 0. The minimum absolute atomic E-state index is 0.0445. The zero-order chi connectivity index (χ0) is 12.4. The smallest absolute Gasteiger partial charge is 0.230 e. The summed E-state index contributed by atoms with van der Waals surface area (Å²) in [7, 11) is 1.92. The molecule has 0 radical (unpaired) electrons. The lowest BCUT2D eigenvalue weighted by atomic mass is 10.1. The van der Waals surface area contributed by atoms with Gasteiger partial charge in [-0.05, 0) is 48.0 Å². The van der Waals surface area contributed by atoms with Crippen molar-refractivity contribution in [2.24, 2.45) is 0 Å². The van der Waals surface area contributed by atoms with Crippen LogP contribution in [0.1, 0.15) is 24.1 Å². The molecule has 0 aromatic carbocycles. The number of likely N-dealkylation sites (N-methyl/N-ethyl adjacent to an activating group) is 1. The largest absolute Gasteiger partial charge is 0.341 e. The van der Waals surface area contributed by atoms with Gasteiger partial charge in [0.15, 0.2) is 0 Å². The van der Waals surface area contributed by atoms with Crippen molar-refractivity contribution in [3.05, 3.63) is 20.8 Å². The second kappa shape index (κ2) is 5.50. The fourth-order valence-corrected chi connectivity index (χ4v) is 3.61. The van der Waals surface area contributed by atoms with E-state index in [-0.39, 0.29) is 11.8 Å². The van der Waals surface area contributed by atoms with Crippen molar-refractivity contribution >= 4 is 33.2 Å².